The maximum Gasteiger partial charge on any atom is 0.255 e. The third-order valence-corrected chi connectivity index (χ3v) is 8.88. The number of amides is 2. The molecule has 2 aliphatic heterocycles. The predicted molar refractivity (Wildman–Crippen MR) is 146 cm³/mol. The maximum absolute atomic E-state index is 13.3. The molecule has 2 amide bonds. The van der Waals surface area contributed by atoms with Crippen molar-refractivity contribution in [1.29, 1.82) is 0 Å². The summed E-state index contributed by atoms with van der Waals surface area (Å²) in [4.78, 5) is 35.1. The number of nitrogens with one attached hydrogen (secondary N) is 1. The van der Waals surface area contributed by atoms with Crippen LogP contribution in [0.15, 0.2) is 42.6 Å². The Balaban J connectivity index is 1.15. The number of aromatic nitrogens is 1. The topological polar surface area (TPSA) is 65.5 Å². The molecule has 1 saturated carbocycles. The van der Waals surface area contributed by atoms with Crippen LogP contribution in [0.4, 0.5) is 0 Å². The Hall–Kier alpha value is -2.73. The highest BCUT2D eigenvalue weighted by Crippen LogP contribution is 2.33. The molecule has 6 nitrogen and oxygen atoms in total. The van der Waals surface area contributed by atoms with Crippen LogP contribution in [-0.2, 0) is 4.79 Å². The molecule has 2 aromatic rings. The lowest BCUT2D eigenvalue weighted by Crippen LogP contribution is -2.36. The van der Waals surface area contributed by atoms with Gasteiger partial charge in [-0.2, -0.15) is 0 Å². The molecule has 5 rings (SSSR count). The van der Waals surface area contributed by atoms with E-state index in [4.69, 9.17) is 0 Å². The number of aryl methyl sites for hydroxylation is 2. The summed E-state index contributed by atoms with van der Waals surface area (Å²) in [5.74, 6) is 1.94. The lowest BCUT2D eigenvalue weighted by molar-refractivity contribution is -0.123. The van der Waals surface area contributed by atoms with Gasteiger partial charge in [-0.05, 0) is 68.1 Å². The van der Waals surface area contributed by atoms with E-state index in [9.17, 15) is 9.59 Å². The predicted octanol–water partition coefficient (Wildman–Crippen LogP) is 4.92. The fraction of sp³-hybridized carbons (Fsp3) is 0.581. The van der Waals surface area contributed by atoms with Gasteiger partial charge in [0.2, 0.25) is 5.91 Å². The minimum Gasteiger partial charge on any atom is -0.349 e. The molecule has 0 radical (unpaired) electrons. The Labute approximate surface area is 221 Å². The van der Waals surface area contributed by atoms with Gasteiger partial charge in [0, 0.05) is 45.3 Å². The van der Waals surface area contributed by atoms with Crippen LogP contribution in [0, 0.1) is 31.6 Å². The number of hydrogen-bond acceptors (Lipinski definition) is 4. The van der Waals surface area contributed by atoms with Crippen molar-refractivity contribution in [3.63, 3.8) is 0 Å². The Morgan fingerprint density at radius 1 is 0.973 bits per heavy atom. The van der Waals surface area contributed by atoms with Crippen LogP contribution < -0.4 is 5.32 Å². The summed E-state index contributed by atoms with van der Waals surface area (Å²) in [6, 6.07) is 12.4. The molecule has 3 aliphatic rings. The van der Waals surface area contributed by atoms with E-state index in [0.717, 1.165) is 56.0 Å². The number of carbonyl (C=O) groups is 2. The summed E-state index contributed by atoms with van der Waals surface area (Å²) in [6.45, 7) is 8.59. The second-order valence-electron chi connectivity index (χ2n) is 11.6. The van der Waals surface area contributed by atoms with E-state index in [1.54, 1.807) is 6.20 Å². The highest BCUT2D eigenvalue weighted by atomic mass is 16.2. The molecule has 3 atom stereocenters. The lowest BCUT2D eigenvalue weighted by atomic mass is 9.86. The van der Waals surface area contributed by atoms with Crippen LogP contribution in [-0.4, -0.2) is 59.3 Å². The summed E-state index contributed by atoms with van der Waals surface area (Å²) in [7, 11) is 0. The lowest BCUT2D eigenvalue weighted by Gasteiger charge is -2.26. The van der Waals surface area contributed by atoms with Crippen LogP contribution in [0.25, 0.3) is 0 Å². The zero-order chi connectivity index (χ0) is 25.8. The minimum atomic E-state index is 0.0485. The van der Waals surface area contributed by atoms with Crippen molar-refractivity contribution in [1.82, 2.24) is 20.1 Å². The van der Waals surface area contributed by atoms with Gasteiger partial charge in [-0.3, -0.25) is 14.6 Å². The summed E-state index contributed by atoms with van der Waals surface area (Å²) in [6.07, 6.45) is 9.59. The standard InChI is InChI=1S/C31H42N4O2/c1-22-13-15-32-23(2)30(22)31(37)35-20-26-18-34(19-27(26)21-35)16-14-28(25-11-7-4-8-12-25)33-29(36)17-24-9-5-3-6-10-24/h4,7-8,11-13,15,24,26-28H,3,5-6,9-10,14,16-21H2,1-2H3,(H,33,36)/t26-,27?,28?/m0/s1. The summed E-state index contributed by atoms with van der Waals surface area (Å²) >= 11 is 0. The molecule has 1 aliphatic carbocycles. The quantitative estimate of drug-likeness (QED) is 0.557. The number of rotatable bonds is 8. The molecular weight excluding hydrogens is 460 g/mol. The molecule has 2 saturated heterocycles. The molecule has 3 fully saturated rings. The smallest absolute Gasteiger partial charge is 0.255 e. The fourth-order valence-electron chi connectivity index (χ4n) is 6.84. The van der Waals surface area contributed by atoms with Crippen molar-refractivity contribution in [3.05, 3.63) is 65.0 Å². The van der Waals surface area contributed by atoms with E-state index in [1.165, 1.54) is 37.7 Å². The van der Waals surface area contributed by atoms with Crippen LogP contribution in [0.3, 0.4) is 0 Å². The SMILES string of the molecule is Cc1ccnc(C)c1C(=O)N1CC2CN(CCC(NC(=O)CC3CCCCC3)c3ccccc3)C[C@H]2C1. The minimum absolute atomic E-state index is 0.0485. The zero-order valence-electron chi connectivity index (χ0n) is 22.5. The summed E-state index contributed by atoms with van der Waals surface area (Å²) < 4.78 is 0. The number of nitrogens with zero attached hydrogens (tertiary/aromatic N) is 3. The first kappa shape index (κ1) is 25.9. The third-order valence-electron chi connectivity index (χ3n) is 8.88. The van der Waals surface area contributed by atoms with Crippen molar-refractivity contribution in [2.75, 3.05) is 32.7 Å². The zero-order valence-corrected chi connectivity index (χ0v) is 22.5. The summed E-state index contributed by atoms with van der Waals surface area (Å²) in [5, 5.41) is 3.38. The fourth-order valence-corrected chi connectivity index (χ4v) is 6.84. The average Bonchev–Trinajstić information content (AvgIpc) is 3.47. The Morgan fingerprint density at radius 2 is 1.68 bits per heavy atom. The Bertz CT molecular complexity index is 1050. The molecule has 0 spiro atoms. The molecule has 3 heterocycles. The van der Waals surface area contributed by atoms with Crippen molar-refractivity contribution in [2.24, 2.45) is 17.8 Å². The number of carbonyl (C=O) groups excluding carboxylic acids is 2. The second kappa shape index (κ2) is 11.8. The highest BCUT2D eigenvalue weighted by molar-refractivity contribution is 5.96. The number of hydrogen-bond donors (Lipinski definition) is 1. The number of pyridine rings is 1. The van der Waals surface area contributed by atoms with Crippen molar-refractivity contribution in [2.45, 2.75) is 64.8 Å². The molecular formula is C31H42N4O2. The van der Waals surface area contributed by atoms with Gasteiger partial charge < -0.3 is 15.1 Å². The molecule has 1 N–H and O–H groups in total. The largest absolute Gasteiger partial charge is 0.349 e. The first-order chi connectivity index (χ1) is 18.0. The molecule has 6 heteroatoms. The van der Waals surface area contributed by atoms with E-state index in [-0.39, 0.29) is 17.9 Å². The average molecular weight is 503 g/mol. The molecule has 0 bridgehead atoms. The number of likely N-dealkylation sites (tertiary alicyclic amines) is 2. The van der Waals surface area contributed by atoms with Gasteiger partial charge in [0.05, 0.1) is 17.3 Å². The van der Waals surface area contributed by atoms with E-state index >= 15 is 0 Å². The van der Waals surface area contributed by atoms with Crippen LogP contribution in [0.5, 0.6) is 0 Å². The van der Waals surface area contributed by atoms with E-state index in [1.807, 2.05) is 30.9 Å². The van der Waals surface area contributed by atoms with Gasteiger partial charge in [-0.15, -0.1) is 0 Å². The van der Waals surface area contributed by atoms with E-state index in [0.29, 0.717) is 24.2 Å². The molecule has 198 valence electrons. The number of benzene rings is 1. The van der Waals surface area contributed by atoms with Crippen molar-refractivity contribution >= 4 is 11.8 Å². The second-order valence-corrected chi connectivity index (χ2v) is 11.6. The highest BCUT2D eigenvalue weighted by Gasteiger charge is 2.42. The van der Waals surface area contributed by atoms with Crippen LogP contribution >= 0.6 is 0 Å². The van der Waals surface area contributed by atoms with Crippen molar-refractivity contribution in [3.8, 4) is 0 Å². The summed E-state index contributed by atoms with van der Waals surface area (Å²) in [5.41, 5.74) is 3.79. The van der Waals surface area contributed by atoms with Gasteiger partial charge in [-0.1, -0.05) is 49.6 Å². The van der Waals surface area contributed by atoms with Crippen molar-refractivity contribution < 1.29 is 9.59 Å². The van der Waals surface area contributed by atoms with Gasteiger partial charge in [0.15, 0.2) is 0 Å². The van der Waals surface area contributed by atoms with Crippen LogP contribution in [0.1, 0.15) is 78.2 Å². The monoisotopic (exact) mass is 502 g/mol. The Morgan fingerprint density at radius 3 is 2.35 bits per heavy atom. The van der Waals surface area contributed by atoms with E-state index in [2.05, 4.69) is 39.5 Å². The molecule has 1 aromatic carbocycles. The van der Waals surface area contributed by atoms with Gasteiger partial charge >= 0.3 is 0 Å². The number of fused-ring (bicyclic) bond motifs is 1. The maximum atomic E-state index is 13.3. The van der Waals surface area contributed by atoms with Gasteiger partial charge in [-0.25, -0.2) is 0 Å². The molecule has 2 unspecified atom stereocenters. The Kier molecular flexibility index (Phi) is 8.23. The van der Waals surface area contributed by atoms with Gasteiger partial charge in [0.1, 0.15) is 0 Å². The first-order valence-corrected chi connectivity index (χ1v) is 14.3. The molecule has 1 aromatic heterocycles. The van der Waals surface area contributed by atoms with Gasteiger partial charge in [0.25, 0.3) is 5.91 Å². The van der Waals surface area contributed by atoms with Crippen LogP contribution in [0.2, 0.25) is 0 Å². The normalized spacial score (nSPS) is 23.1. The van der Waals surface area contributed by atoms with E-state index < -0.39 is 0 Å². The third kappa shape index (κ3) is 6.23. The molecule has 37 heavy (non-hydrogen) atoms. The first-order valence-electron chi connectivity index (χ1n) is 14.3.